The molecule has 0 saturated carbocycles. The summed E-state index contributed by atoms with van der Waals surface area (Å²) in [5.74, 6) is 1.11. The van der Waals surface area contributed by atoms with Crippen molar-refractivity contribution in [2.24, 2.45) is 5.92 Å². The molecule has 1 aromatic rings. The van der Waals surface area contributed by atoms with Crippen LogP contribution in [-0.2, 0) is 6.18 Å². The van der Waals surface area contributed by atoms with Gasteiger partial charge in [-0.1, -0.05) is 0 Å². The molecule has 2 rings (SSSR count). The summed E-state index contributed by atoms with van der Waals surface area (Å²) < 4.78 is 42.6. The summed E-state index contributed by atoms with van der Waals surface area (Å²) >= 11 is 0. The second-order valence-corrected chi connectivity index (χ2v) is 4.87. The Balaban J connectivity index is 1.76. The quantitative estimate of drug-likeness (QED) is 0.907. The molecule has 1 aromatic carbocycles. The Morgan fingerprint density at radius 1 is 1.21 bits per heavy atom. The molecule has 0 radical (unpaired) electrons. The summed E-state index contributed by atoms with van der Waals surface area (Å²) in [7, 11) is 0. The second kappa shape index (κ2) is 6.28. The van der Waals surface area contributed by atoms with Gasteiger partial charge in [0.15, 0.2) is 0 Å². The van der Waals surface area contributed by atoms with Crippen molar-refractivity contribution in [3.05, 3.63) is 29.8 Å². The molecule has 2 nitrogen and oxygen atoms in total. The van der Waals surface area contributed by atoms with Gasteiger partial charge in [0.05, 0.1) is 12.2 Å². The Hall–Kier alpha value is -1.23. The average molecular weight is 273 g/mol. The van der Waals surface area contributed by atoms with Crippen LogP contribution in [0.3, 0.4) is 0 Å². The first-order valence-corrected chi connectivity index (χ1v) is 6.56. The van der Waals surface area contributed by atoms with Crippen LogP contribution in [0.2, 0.25) is 0 Å². The predicted molar refractivity (Wildman–Crippen MR) is 67.1 cm³/mol. The molecular formula is C14H18F3NO. The molecule has 1 atom stereocenters. The van der Waals surface area contributed by atoms with E-state index in [0.29, 0.717) is 18.3 Å². The van der Waals surface area contributed by atoms with Crippen molar-refractivity contribution < 1.29 is 17.9 Å². The van der Waals surface area contributed by atoms with Gasteiger partial charge < -0.3 is 10.1 Å². The van der Waals surface area contributed by atoms with Gasteiger partial charge in [0.1, 0.15) is 5.75 Å². The number of rotatable bonds is 4. The summed E-state index contributed by atoms with van der Waals surface area (Å²) in [5.41, 5.74) is -0.642. The number of alkyl halides is 3. The van der Waals surface area contributed by atoms with E-state index in [0.717, 1.165) is 31.6 Å². The van der Waals surface area contributed by atoms with Crippen LogP contribution < -0.4 is 10.1 Å². The predicted octanol–water partition coefficient (Wildman–Crippen LogP) is 3.47. The highest BCUT2D eigenvalue weighted by atomic mass is 19.4. The lowest BCUT2D eigenvalue weighted by atomic mass is 9.97. The van der Waals surface area contributed by atoms with Crippen LogP contribution in [0.25, 0.3) is 0 Å². The molecule has 0 spiro atoms. The van der Waals surface area contributed by atoms with E-state index in [4.69, 9.17) is 4.74 Å². The first-order chi connectivity index (χ1) is 9.05. The molecule has 1 aliphatic heterocycles. The Morgan fingerprint density at radius 3 is 2.53 bits per heavy atom. The third kappa shape index (κ3) is 4.42. The zero-order chi connectivity index (χ0) is 13.7. The monoisotopic (exact) mass is 273 g/mol. The van der Waals surface area contributed by atoms with Crippen molar-refractivity contribution in [2.75, 3.05) is 19.7 Å². The van der Waals surface area contributed by atoms with Crippen molar-refractivity contribution in [3.63, 3.8) is 0 Å². The maximum absolute atomic E-state index is 12.4. The standard InChI is InChI=1S/C14H18F3NO/c15-14(16,17)12-3-5-13(6-4-12)19-9-7-11-2-1-8-18-10-11/h3-6,11,18H,1-2,7-10H2. The van der Waals surface area contributed by atoms with Crippen LogP contribution in [-0.4, -0.2) is 19.7 Å². The van der Waals surface area contributed by atoms with Gasteiger partial charge in [-0.05, 0) is 62.5 Å². The zero-order valence-corrected chi connectivity index (χ0v) is 10.7. The molecule has 0 aliphatic carbocycles. The molecule has 1 unspecified atom stereocenters. The second-order valence-electron chi connectivity index (χ2n) is 4.87. The van der Waals surface area contributed by atoms with E-state index in [-0.39, 0.29) is 0 Å². The molecule has 1 fully saturated rings. The summed E-state index contributed by atoms with van der Waals surface area (Å²) in [6.45, 7) is 2.64. The van der Waals surface area contributed by atoms with E-state index in [9.17, 15) is 13.2 Å². The fourth-order valence-corrected chi connectivity index (χ4v) is 2.25. The van der Waals surface area contributed by atoms with Crippen LogP contribution in [0.1, 0.15) is 24.8 Å². The Morgan fingerprint density at radius 2 is 1.95 bits per heavy atom. The lowest BCUT2D eigenvalue weighted by Gasteiger charge is -2.22. The van der Waals surface area contributed by atoms with Gasteiger partial charge in [0, 0.05) is 0 Å². The highest BCUT2D eigenvalue weighted by Crippen LogP contribution is 2.30. The first kappa shape index (κ1) is 14.2. The molecule has 0 aromatic heterocycles. The Labute approximate surface area is 111 Å². The summed E-state index contributed by atoms with van der Waals surface area (Å²) in [6.07, 6.45) is -0.964. The number of halogens is 3. The minimum atomic E-state index is -4.29. The van der Waals surface area contributed by atoms with Crippen molar-refractivity contribution in [3.8, 4) is 5.75 Å². The largest absolute Gasteiger partial charge is 0.494 e. The Kier molecular flexibility index (Phi) is 4.69. The first-order valence-electron chi connectivity index (χ1n) is 6.56. The molecule has 5 heteroatoms. The van der Waals surface area contributed by atoms with E-state index in [1.54, 1.807) is 0 Å². The van der Waals surface area contributed by atoms with Gasteiger partial charge in [-0.25, -0.2) is 0 Å². The van der Waals surface area contributed by atoms with Gasteiger partial charge in [-0.3, -0.25) is 0 Å². The lowest BCUT2D eigenvalue weighted by molar-refractivity contribution is -0.137. The topological polar surface area (TPSA) is 21.3 Å². The summed E-state index contributed by atoms with van der Waals surface area (Å²) in [6, 6.07) is 4.86. The highest BCUT2D eigenvalue weighted by molar-refractivity contribution is 5.28. The Bertz CT molecular complexity index is 383. The van der Waals surface area contributed by atoms with E-state index >= 15 is 0 Å². The number of piperidine rings is 1. The molecule has 106 valence electrons. The number of hydrogen-bond acceptors (Lipinski definition) is 2. The third-order valence-electron chi connectivity index (χ3n) is 3.38. The SMILES string of the molecule is FC(F)(F)c1ccc(OCCC2CCCNC2)cc1. The van der Waals surface area contributed by atoms with Gasteiger partial charge in [-0.2, -0.15) is 13.2 Å². The van der Waals surface area contributed by atoms with Gasteiger partial charge in [0.25, 0.3) is 0 Å². The molecule has 19 heavy (non-hydrogen) atoms. The minimum Gasteiger partial charge on any atom is -0.494 e. The smallest absolute Gasteiger partial charge is 0.416 e. The fourth-order valence-electron chi connectivity index (χ4n) is 2.25. The molecular weight excluding hydrogens is 255 g/mol. The molecule has 1 saturated heterocycles. The molecule has 1 N–H and O–H groups in total. The summed E-state index contributed by atoms with van der Waals surface area (Å²) in [4.78, 5) is 0. The van der Waals surface area contributed by atoms with Crippen LogP contribution in [0.4, 0.5) is 13.2 Å². The number of benzene rings is 1. The molecule has 0 bridgehead atoms. The van der Waals surface area contributed by atoms with Gasteiger partial charge in [-0.15, -0.1) is 0 Å². The zero-order valence-electron chi connectivity index (χ0n) is 10.7. The molecule has 1 heterocycles. The van der Waals surface area contributed by atoms with Crippen molar-refractivity contribution in [1.29, 1.82) is 0 Å². The van der Waals surface area contributed by atoms with Crippen molar-refractivity contribution >= 4 is 0 Å². The highest BCUT2D eigenvalue weighted by Gasteiger charge is 2.30. The lowest BCUT2D eigenvalue weighted by Crippen LogP contribution is -2.30. The maximum Gasteiger partial charge on any atom is 0.416 e. The van der Waals surface area contributed by atoms with E-state index < -0.39 is 11.7 Å². The van der Waals surface area contributed by atoms with Crippen LogP contribution >= 0.6 is 0 Å². The van der Waals surface area contributed by atoms with Gasteiger partial charge in [0.2, 0.25) is 0 Å². The van der Waals surface area contributed by atoms with Crippen molar-refractivity contribution in [1.82, 2.24) is 5.32 Å². The maximum atomic E-state index is 12.4. The number of nitrogens with one attached hydrogen (secondary N) is 1. The van der Waals surface area contributed by atoms with Crippen LogP contribution in [0, 0.1) is 5.92 Å². The summed E-state index contributed by atoms with van der Waals surface area (Å²) in [5, 5.41) is 3.33. The van der Waals surface area contributed by atoms with Crippen LogP contribution in [0.5, 0.6) is 5.75 Å². The van der Waals surface area contributed by atoms with Gasteiger partial charge >= 0.3 is 6.18 Å². The van der Waals surface area contributed by atoms with E-state index in [2.05, 4.69) is 5.32 Å². The fraction of sp³-hybridized carbons (Fsp3) is 0.571. The van der Waals surface area contributed by atoms with Crippen molar-refractivity contribution in [2.45, 2.75) is 25.4 Å². The average Bonchev–Trinajstić information content (AvgIpc) is 2.39. The number of hydrogen-bond donors (Lipinski definition) is 1. The van der Waals surface area contributed by atoms with E-state index in [1.807, 2.05) is 0 Å². The molecule has 1 aliphatic rings. The van der Waals surface area contributed by atoms with Crippen LogP contribution in [0.15, 0.2) is 24.3 Å². The van der Waals surface area contributed by atoms with E-state index in [1.165, 1.54) is 25.0 Å². The number of ether oxygens (including phenoxy) is 1. The minimum absolute atomic E-state index is 0.497. The normalized spacial score (nSPS) is 20.3. The molecule has 0 amide bonds. The third-order valence-corrected chi connectivity index (χ3v) is 3.38.